The Morgan fingerprint density at radius 3 is 1.37 bits per heavy atom. The number of hydrogen-bond donors (Lipinski definition) is 0. The molecular formula is C13H24N2O4. The first-order valence-corrected chi connectivity index (χ1v) is 6.44. The molecule has 1 saturated heterocycles. The van der Waals surface area contributed by atoms with Gasteiger partial charge in [0.1, 0.15) is 17.9 Å². The zero-order valence-corrected chi connectivity index (χ0v) is 12.6. The monoisotopic (exact) mass is 272 g/mol. The molecule has 0 bridgehead atoms. The zero-order chi connectivity index (χ0) is 14.8. The largest absolute Gasteiger partial charge is 0.444 e. The van der Waals surface area contributed by atoms with Crippen molar-refractivity contribution in [3.8, 4) is 0 Å². The van der Waals surface area contributed by atoms with Crippen molar-refractivity contribution in [2.24, 2.45) is 0 Å². The van der Waals surface area contributed by atoms with Gasteiger partial charge < -0.3 is 9.47 Å². The maximum absolute atomic E-state index is 11.8. The van der Waals surface area contributed by atoms with E-state index in [1.807, 2.05) is 41.5 Å². The first-order chi connectivity index (χ1) is 8.48. The van der Waals surface area contributed by atoms with E-state index in [0.29, 0.717) is 13.1 Å². The number of amides is 2. The van der Waals surface area contributed by atoms with Gasteiger partial charge in [-0.25, -0.2) is 9.59 Å². The van der Waals surface area contributed by atoms with E-state index in [1.165, 1.54) is 9.80 Å². The second-order valence-corrected chi connectivity index (χ2v) is 6.63. The summed E-state index contributed by atoms with van der Waals surface area (Å²) in [5.41, 5.74) is -1.06. The van der Waals surface area contributed by atoms with E-state index in [9.17, 15) is 9.59 Å². The van der Waals surface area contributed by atoms with E-state index in [2.05, 4.69) is 0 Å². The van der Waals surface area contributed by atoms with Crippen molar-refractivity contribution in [1.29, 1.82) is 0 Å². The number of carbonyl (C=O) groups excluding carboxylic acids is 2. The van der Waals surface area contributed by atoms with Crippen LogP contribution in [0.1, 0.15) is 41.5 Å². The molecule has 2 amide bonds. The number of carbonyl (C=O) groups is 2. The van der Waals surface area contributed by atoms with Gasteiger partial charge in [-0.05, 0) is 41.5 Å². The van der Waals surface area contributed by atoms with E-state index in [4.69, 9.17) is 9.47 Å². The molecular weight excluding hydrogens is 248 g/mol. The van der Waals surface area contributed by atoms with Gasteiger partial charge in [-0.1, -0.05) is 0 Å². The van der Waals surface area contributed by atoms with Crippen LogP contribution in [-0.4, -0.2) is 52.9 Å². The van der Waals surface area contributed by atoms with Crippen molar-refractivity contribution < 1.29 is 19.1 Å². The third-order valence-corrected chi connectivity index (χ3v) is 2.28. The Morgan fingerprint density at radius 2 is 1.11 bits per heavy atom. The fraction of sp³-hybridized carbons (Fsp3) is 0.846. The van der Waals surface area contributed by atoms with Crippen LogP contribution in [0.25, 0.3) is 0 Å². The van der Waals surface area contributed by atoms with Gasteiger partial charge in [0.25, 0.3) is 0 Å². The van der Waals surface area contributed by atoms with Crippen molar-refractivity contribution in [1.82, 2.24) is 9.80 Å². The molecule has 0 aliphatic carbocycles. The lowest BCUT2D eigenvalue weighted by Crippen LogP contribution is -2.39. The highest BCUT2D eigenvalue weighted by atomic mass is 16.6. The summed E-state index contributed by atoms with van der Waals surface area (Å²) in [4.78, 5) is 26.7. The number of rotatable bonds is 0. The molecule has 0 spiro atoms. The molecule has 1 aliphatic rings. The van der Waals surface area contributed by atoms with E-state index in [-0.39, 0.29) is 6.67 Å². The van der Waals surface area contributed by atoms with Crippen molar-refractivity contribution in [2.45, 2.75) is 52.7 Å². The highest BCUT2D eigenvalue weighted by Crippen LogP contribution is 2.16. The van der Waals surface area contributed by atoms with Crippen LogP contribution in [-0.2, 0) is 9.47 Å². The Hall–Kier alpha value is -1.46. The summed E-state index contributed by atoms with van der Waals surface area (Å²) in [6.45, 7) is 12.0. The van der Waals surface area contributed by atoms with Crippen molar-refractivity contribution >= 4 is 12.2 Å². The van der Waals surface area contributed by atoms with Crippen molar-refractivity contribution in [3.63, 3.8) is 0 Å². The highest BCUT2D eigenvalue weighted by Gasteiger charge is 2.32. The van der Waals surface area contributed by atoms with E-state index >= 15 is 0 Å². The summed E-state index contributed by atoms with van der Waals surface area (Å²) in [6, 6.07) is 0. The molecule has 0 aromatic carbocycles. The van der Waals surface area contributed by atoms with Crippen LogP contribution in [0.5, 0.6) is 0 Å². The Labute approximate surface area is 114 Å². The Balaban J connectivity index is 2.50. The van der Waals surface area contributed by atoms with Crippen LogP contribution < -0.4 is 0 Å². The Morgan fingerprint density at radius 1 is 0.789 bits per heavy atom. The molecule has 19 heavy (non-hydrogen) atoms. The molecule has 1 fully saturated rings. The van der Waals surface area contributed by atoms with Crippen LogP contribution in [0.3, 0.4) is 0 Å². The lowest BCUT2D eigenvalue weighted by Gasteiger charge is -2.26. The number of hydrogen-bond acceptors (Lipinski definition) is 4. The molecule has 0 atom stereocenters. The summed E-state index contributed by atoms with van der Waals surface area (Å²) in [6.07, 6.45) is -0.808. The molecule has 6 nitrogen and oxygen atoms in total. The molecule has 0 aromatic rings. The van der Waals surface area contributed by atoms with Gasteiger partial charge in [-0.2, -0.15) is 0 Å². The van der Waals surface area contributed by atoms with E-state index in [1.54, 1.807) is 0 Å². The molecule has 1 rings (SSSR count). The molecule has 1 heterocycles. The number of ether oxygens (including phenoxy) is 2. The van der Waals surface area contributed by atoms with Crippen LogP contribution in [0, 0.1) is 0 Å². The van der Waals surface area contributed by atoms with Crippen LogP contribution in [0.4, 0.5) is 9.59 Å². The summed E-state index contributed by atoms with van der Waals surface area (Å²) < 4.78 is 10.5. The van der Waals surface area contributed by atoms with Crippen molar-refractivity contribution in [3.05, 3.63) is 0 Å². The predicted octanol–water partition coefficient (Wildman–Crippen LogP) is 2.43. The van der Waals surface area contributed by atoms with Gasteiger partial charge >= 0.3 is 12.2 Å². The Kier molecular flexibility index (Phi) is 4.32. The summed E-state index contributed by atoms with van der Waals surface area (Å²) in [7, 11) is 0. The minimum absolute atomic E-state index is 0.212. The molecule has 0 aromatic heterocycles. The van der Waals surface area contributed by atoms with Gasteiger partial charge in [0.15, 0.2) is 0 Å². The average molecular weight is 272 g/mol. The number of nitrogens with zero attached hydrogens (tertiary/aromatic N) is 2. The van der Waals surface area contributed by atoms with E-state index in [0.717, 1.165) is 0 Å². The molecule has 110 valence electrons. The topological polar surface area (TPSA) is 59.1 Å². The van der Waals surface area contributed by atoms with Crippen molar-refractivity contribution in [2.75, 3.05) is 19.8 Å². The zero-order valence-electron chi connectivity index (χ0n) is 12.6. The fourth-order valence-electron chi connectivity index (χ4n) is 1.54. The lowest BCUT2D eigenvalue weighted by molar-refractivity contribution is 0.0173. The SMILES string of the molecule is CC(C)(C)OC(=O)N1CCN(C(=O)OC(C)(C)C)C1. The van der Waals surface area contributed by atoms with Gasteiger partial charge in [-0.3, -0.25) is 9.80 Å². The van der Waals surface area contributed by atoms with Gasteiger partial charge in [0.2, 0.25) is 0 Å². The van der Waals surface area contributed by atoms with Gasteiger partial charge in [0.05, 0.1) is 0 Å². The lowest BCUT2D eigenvalue weighted by atomic mass is 10.2. The van der Waals surface area contributed by atoms with Gasteiger partial charge in [0, 0.05) is 13.1 Å². The molecule has 1 aliphatic heterocycles. The molecule has 0 unspecified atom stereocenters. The maximum Gasteiger partial charge on any atom is 0.411 e. The maximum atomic E-state index is 11.8. The second-order valence-electron chi connectivity index (χ2n) is 6.63. The second kappa shape index (κ2) is 5.27. The van der Waals surface area contributed by atoms with Crippen LogP contribution >= 0.6 is 0 Å². The first kappa shape index (κ1) is 15.6. The fourth-order valence-corrected chi connectivity index (χ4v) is 1.54. The quantitative estimate of drug-likeness (QED) is 0.679. The van der Waals surface area contributed by atoms with Crippen LogP contribution in [0.2, 0.25) is 0 Å². The summed E-state index contributed by atoms with van der Waals surface area (Å²) in [5, 5.41) is 0. The third kappa shape index (κ3) is 5.36. The summed E-state index contributed by atoms with van der Waals surface area (Å²) >= 11 is 0. The minimum Gasteiger partial charge on any atom is -0.444 e. The third-order valence-electron chi connectivity index (χ3n) is 2.28. The highest BCUT2D eigenvalue weighted by molar-refractivity contribution is 5.72. The smallest absolute Gasteiger partial charge is 0.411 e. The summed E-state index contributed by atoms with van der Waals surface area (Å²) in [5.74, 6) is 0. The molecule has 0 radical (unpaired) electrons. The average Bonchev–Trinajstić information content (AvgIpc) is 2.60. The molecule has 6 heteroatoms. The molecule has 0 N–H and O–H groups in total. The van der Waals surface area contributed by atoms with E-state index < -0.39 is 23.4 Å². The predicted molar refractivity (Wildman–Crippen MR) is 70.7 cm³/mol. The molecule has 0 saturated carbocycles. The standard InChI is InChI=1S/C13H24N2O4/c1-12(2,3)18-10(16)14-7-8-15(9-14)11(17)19-13(4,5)6/h7-9H2,1-6H3. The van der Waals surface area contributed by atoms with Crippen LogP contribution in [0.15, 0.2) is 0 Å². The minimum atomic E-state index is -0.531. The first-order valence-electron chi connectivity index (χ1n) is 6.44. The van der Waals surface area contributed by atoms with Gasteiger partial charge in [-0.15, -0.1) is 0 Å². The Bertz CT molecular complexity index is 321. The normalized spacial score (nSPS) is 16.5.